The normalized spacial score (nSPS) is 36.8. The van der Waals surface area contributed by atoms with Crippen LogP contribution >= 0.6 is 0 Å². The predicted molar refractivity (Wildman–Crippen MR) is 114 cm³/mol. The van der Waals surface area contributed by atoms with Crippen LogP contribution in [-0.4, -0.2) is 69.0 Å². The van der Waals surface area contributed by atoms with Crippen molar-refractivity contribution in [3.63, 3.8) is 0 Å². The van der Waals surface area contributed by atoms with Gasteiger partial charge in [0.15, 0.2) is 11.5 Å². The van der Waals surface area contributed by atoms with Gasteiger partial charge in [-0.2, -0.15) is 0 Å². The molecule has 1 unspecified atom stereocenters. The average Bonchev–Trinajstić information content (AvgIpc) is 3.49. The third-order valence-electron chi connectivity index (χ3n) is 8.67. The Labute approximate surface area is 186 Å². The number of carboxylic acids is 1. The van der Waals surface area contributed by atoms with Gasteiger partial charge in [-0.3, -0.25) is 14.5 Å². The van der Waals surface area contributed by atoms with Gasteiger partial charge < -0.3 is 25.4 Å². The molecule has 5 aliphatic rings. The molecule has 6 rings (SSSR count). The van der Waals surface area contributed by atoms with Gasteiger partial charge in [-0.1, -0.05) is 6.07 Å². The van der Waals surface area contributed by atoms with E-state index in [9.17, 15) is 19.8 Å². The predicted octanol–water partition coefficient (Wildman–Crippen LogP) is 1.31. The number of aromatic hydroxyl groups is 1. The van der Waals surface area contributed by atoms with E-state index in [1.54, 1.807) is 6.07 Å². The number of ether oxygens (including phenoxy) is 1. The summed E-state index contributed by atoms with van der Waals surface area (Å²) in [6.45, 7) is 1.88. The second-order valence-corrected chi connectivity index (χ2v) is 10.4. The maximum atomic E-state index is 12.5. The maximum absolute atomic E-state index is 12.5. The molecule has 2 saturated carbocycles. The molecule has 3 fully saturated rings. The number of hydrogen-bond acceptors (Lipinski definition) is 6. The molecule has 8 heteroatoms. The zero-order valence-corrected chi connectivity index (χ0v) is 18.0. The molecule has 1 aromatic rings. The molecule has 172 valence electrons. The Bertz CT molecular complexity index is 993. The number of carbonyl (C=O) groups is 2. The molecule has 1 saturated heterocycles. The van der Waals surface area contributed by atoms with Crippen molar-refractivity contribution in [1.82, 2.24) is 10.2 Å². The highest BCUT2D eigenvalue weighted by Crippen LogP contribution is 2.65. The van der Waals surface area contributed by atoms with Crippen LogP contribution in [0.3, 0.4) is 0 Å². The first-order chi connectivity index (χ1) is 15.3. The minimum absolute atomic E-state index is 0.00500. The lowest BCUT2D eigenvalue weighted by Crippen LogP contribution is -2.78. The minimum Gasteiger partial charge on any atom is -0.504 e. The summed E-state index contributed by atoms with van der Waals surface area (Å²) in [7, 11) is 0. The second kappa shape index (κ2) is 6.84. The minimum atomic E-state index is -1.01. The van der Waals surface area contributed by atoms with Crippen LogP contribution in [0.1, 0.15) is 56.1 Å². The van der Waals surface area contributed by atoms with Gasteiger partial charge in [0.1, 0.15) is 6.10 Å². The van der Waals surface area contributed by atoms with Crippen molar-refractivity contribution in [3.05, 3.63) is 23.3 Å². The lowest BCUT2D eigenvalue weighted by molar-refractivity contribution is -0.192. The van der Waals surface area contributed by atoms with Gasteiger partial charge in [0.05, 0.1) is 23.5 Å². The van der Waals surface area contributed by atoms with E-state index in [2.05, 4.69) is 10.2 Å². The number of nitrogens with zero attached hydrogens (tertiary/aromatic N) is 1. The number of carbonyl (C=O) groups excluding carboxylic acids is 1. The molecule has 1 aromatic carbocycles. The molecule has 5 atom stereocenters. The van der Waals surface area contributed by atoms with E-state index in [4.69, 9.17) is 9.84 Å². The number of hydrogen-bond donors (Lipinski definition) is 4. The number of phenols is 1. The topological polar surface area (TPSA) is 119 Å². The van der Waals surface area contributed by atoms with E-state index in [1.165, 1.54) is 12.8 Å². The van der Waals surface area contributed by atoms with Crippen molar-refractivity contribution in [1.29, 1.82) is 0 Å². The number of amides is 1. The summed E-state index contributed by atoms with van der Waals surface area (Å²) in [4.78, 5) is 25.8. The smallest absolute Gasteiger partial charge is 0.303 e. The van der Waals surface area contributed by atoms with Crippen molar-refractivity contribution >= 4 is 11.9 Å². The van der Waals surface area contributed by atoms with E-state index in [0.717, 1.165) is 36.6 Å². The summed E-state index contributed by atoms with van der Waals surface area (Å²) in [5.74, 6) is -0.0721. The Kier molecular flexibility index (Phi) is 4.34. The summed E-state index contributed by atoms with van der Waals surface area (Å²) in [5, 5.41) is 34.9. The van der Waals surface area contributed by atoms with Crippen LogP contribution in [0.25, 0.3) is 0 Å². The standard InChI is InChI=1S/C24H30N2O6/c27-16-4-3-14-11-17-24(31)8-7-15(25-18(28)5-6-19(29)30)22-23(24,20(14)21(16)32-22)9-10-26(17)12-13-1-2-13/h3-4,13,15,17,22,27,31H,1-2,5-12H2,(H,25,28)(H,29,30)/t15?,17-,22+,23+,24-/m1/s1. The summed E-state index contributed by atoms with van der Waals surface area (Å²) in [5.41, 5.74) is 0.381. The van der Waals surface area contributed by atoms with E-state index in [-0.39, 0.29) is 36.6 Å². The SMILES string of the molecule is O=C(O)CCC(=O)NC1CC[C@@]2(O)[C@H]3Cc4ccc(O)c5c4[C@@]2(CCN3CC2CC2)[C@H]1O5. The fraction of sp³-hybridized carbons (Fsp3) is 0.667. The van der Waals surface area contributed by atoms with Crippen LogP contribution < -0.4 is 10.1 Å². The van der Waals surface area contributed by atoms with Crippen molar-refractivity contribution in [3.8, 4) is 11.5 Å². The number of likely N-dealkylation sites (tertiary alicyclic amines) is 1. The lowest BCUT2D eigenvalue weighted by atomic mass is 9.48. The average molecular weight is 443 g/mol. The third kappa shape index (κ3) is 2.68. The number of aliphatic hydroxyl groups is 1. The molecule has 1 spiro atoms. The molecule has 4 N–H and O–H groups in total. The largest absolute Gasteiger partial charge is 0.504 e. The number of benzene rings is 1. The Morgan fingerprint density at radius 3 is 2.75 bits per heavy atom. The fourth-order valence-electron chi connectivity index (χ4n) is 7.13. The van der Waals surface area contributed by atoms with Gasteiger partial charge in [0.2, 0.25) is 5.91 Å². The summed E-state index contributed by atoms with van der Waals surface area (Å²) < 4.78 is 6.38. The van der Waals surface area contributed by atoms with Crippen LogP contribution in [0.5, 0.6) is 11.5 Å². The lowest BCUT2D eigenvalue weighted by Gasteiger charge is -2.64. The number of nitrogens with one attached hydrogen (secondary N) is 1. The Hall–Kier alpha value is -2.32. The highest BCUT2D eigenvalue weighted by molar-refractivity contribution is 5.81. The molecule has 2 aliphatic heterocycles. The first kappa shape index (κ1) is 20.3. The highest BCUT2D eigenvalue weighted by Gasteiger charge is 2.73. The Balaban J connectivity index is 1.39. The monoisotopic (exact) mass is 442 g/mol. The quantitative estimate of drug-likeness (QED) is 0.524. The molecule has 8 nitrogen and oxygen atoms in total. The van der Waals surface area contributed by atoms with Crippen molar-refractivity contribution in [2.45, 2.75) is 80.6 Å². The molecule has 0 aromatic heterocycles. The van der Waals surface area contributed by atoms with Crippen LogP contribution in [0.4, 0.5) is 0 Å². The van der Waals surface area contributed by atoms with E-state index >= 15 is 0 Å². The van der Waals surface area contributed by atoms with E-state index in [1.807, 2.05) is 6.07 Å². The molecule has 3 aliphatic carbocycles. The fourth-order valence-corrected chi connectivity index (χ4v) is 7.13. The van der Waals surface area contributed by atoms with Gasteiger partial charge in [0, 0.05) is 24.6 Å². The zero-order chi connectivity index (χ0) is 22.3. The van der Waals surface area contributed by atoms with Crippen molar-refractivity contribution < 1.29 is 29.6 Å². The van der Waals surface area contributed by atoms with Crippen molar-refractivity contribution in [2.75, 3.05) is 13.1 Å². The van der Waals surface area contributed by atoms with Gasteiger partial charge in [-0.15, -0.1) is 0 Å². The molecule has 1 amide bonds. The van der Waals surface area contributed by atoms with Crippen LogP contribution in [0.15, 0.2) is 12.1 Å². The third-order valence-corrected chi connectivity index (χ3v) is 8.67. The molecule has 2 bridgehead atoms. The summed E-state index contributed by atoms with van der Waals surface area (Å²) in [6.07, 6.45) is 4.27. The maximum Gasteiger partial charge on any atom is 0.303 e. The molecular weight excluding hydrogens is 412 g/mol. The van der Waals surface area contributed by atoms with Gasteiger partial charge in [0.25, 0.3) is 0 Å². The molecular formula is C24H30N2O6. The summed E-state index contributed by atoms with van der Waals surface area (Å²) in [6, 6.07) is 3.29. The molecule has 2 heterocycles. The van der Waals surface area contributed by atoms with Crippen molar-refractivity contribution in [2.24, 2.45) is 5.92 Å². The van der Waals surface area contributed by atoms with Gasteiger partial charge in [-0.25, -0.2) is 0 Å². The second-order valence-electron chi connectivity index (χ2n) is 10.4. The number of carboxylic acid groups (broad SMARTS) is 1. The Morgan fingerprint density at radius 2 is 2.00 bits per heavy atom. The highest BCUT2D eigenvalue weighted by atomic mass is 16.5. The number of aliphatic carboxylic acids is 1. The zero-order valence-electron chi connectivity index (χ0n) is 18.0. The first-order valence-corrected chi connectivity index (χ1v) is 11.8. The molecule has 32 heavy (non-hydrogen) atoms. The number of rotatable bonds is 6. The summed E-state index contributed by atoms with van der Waals surface area (Å²) >= 11 is 0. The van der Waals surface area contributed by atoms with Gasteiger partial charge >= 0.3 is 5.97 Å². The van der Waals surface area contributed by atoms with E-state index in [0.29, 0.717) is 25.0 Å². The van der Waals surface area contributed by atoms with Crippen LogP contribution in [-0.2, 0) is 21.4 Å². The van der Waals surface area contributed by atoms with Gasteiger partial charge in [-0.05, 0) is 62.6 Å². The van der Waals surface area contributed by atoms with Crippen LogP contribution in [0, 0.1) is 5.92 Å². The number of phenolic OH excluding ortho intramolecular Hbond substituents is 1. The number of piperidine rings is 1. The van der Waals surface area contributed by atoms with E-state index < -0.39 is 23.1 Å². The van der Waals surface area contributed by atoms with Crippen LogP contribution in [0.2, 0.25) is 0 Å². The first-order valence-electron chi connectivity index (χ1n) is 11.8. The molecule has 0 radical (unpaired) electrons. The Morgan fingerprint density at radius 1 is 1.19 bits per heavy atom.